The molecule has 0 radical (unpaired) electrons. The van der Waals surface area contributed by atoms with E-state index in [1.54, 1.807) is 0 Å². The van der Waals surface area contributed by atoms with Crippen LogP contribution in [0.4, 0.5) is 24.8 Å². The fourth-order valence-electron chi connectivity index (χ4n) is 1.36. The molecule has 9 heteroatoms. The molecule has 0 saturated heterocycles. The summed E-state index contributed by atoms with van der Waals surface area (Å²) in [6.45, 7) is 0. The Hall–Kier alpha value is -1.05. The van der Waals surface area contributed by atoms with E-state index in [0.717, 1.165) is 12.1 Å². The van der Waals surface area contributed by atoms with Gasteiger partial charge in [0.15, 0.2) is 0 Å². The highest BCUT2D eigenvalue weighted by Crippen LogP contribution is 2.36. The minimum absolute atomic E-state index is 0.0775. The van der Waals surface area contributed by atoms with Gasteiger partial charge < -0.3 is 5.32 Å². The molecule has 2 rings (SSSR count). The van der Waals surface area contributed by atoms with E-state index in [0.29, 0.717) is 4.47 Å². The van der Waals surface area contributed by atoms with Crippen LogP contribution in [0.15, 0.2) is 28.9 Å². The van der Waals surface area contributed by atoms with E-state index >= 15 is 0 Å². The summed E-state index contributed by atoms with van der Waals surface area (Å²) in [5.41, 5.74) is -0.785. The van der Waals surface area contributed by atoms with Gasteiger partial charge in [-0.3, -0.25) is 0 Å². The number of nitrogens with one attached hydrogen (secondary N) is 1. The average Bonchev–Trinajstić information content (AvgIpc) is 2.35. The van der Waals surface area contributed by atoms with E-state index in [2.05, 4.69) is 31.2 Å². The molecule has 0 unspecified atom stereocenters. The van der Waals surface area contributed by atoms with Crippen molar-refractivity contribution >= 4 is 50.8 Å². The monoisotopic (exact) mass is 385 g/mol. The molecular formula is C11H5BrCl2F3N3. The van der Waals surface area contributed by atoms with Crippen molar-refractivity contribution in [2.45, 2.75) is 6.18 Å². The number of anilines is 2. The van der Waals surface area contributed by atoms with Crippen LogP contribution in [0.1, 0.15) is 5.56 Å². The SMILES string of the molecule is FC(F)(F)c1cc(Nc2ncc(Br)c(Cl)n2)ccc1Cl. The largest absolute Gasteiger partial charge is 0.417 e. The van der Waals surface area contributed by atoms with E-state index in [4.69, 9.17) is 23.2 Å². The minimum Gasteiger partial charge on any atom is -0.324 e. The maximum Gasteiger partial charge on any atom is 0.417 e. The number of benzene rings is 1. The van der Waals surface area contributed by atoms with Gasteiger partial charge in [0.2, 0.25) is 5.95 Å². The standard InChI is InChI=1S/C11H5BrCl2F3N3/c12-7-4-18-10(20-9(7)14)19-5-1-2-8(13)6(3-5)11(15,16)17/h1-4H,(H,18,19,20). The highest BCUT2D eigenvalue weighted by molar-refractivity contribution is 9.10. The van der Waals surface area contributed by atoms with Crippen LogP contribution < -0.4 is 5.32 Å². The van der Waals surface area contributed by atoms with Crippen LogP contribution in [0.2, 0.25) is 10.2 Å². The Labute approximate surface area is 130 Å². The second-order valence-electron chi connectivity index (χ2n) is 3.65. The normalized spacial score (nSPS) is 11.5. The lowest BCUT2D eigenvalue weighted by Crippen LogP contribution is -2.07. The Balaban J connectivity index is 2.32. The zero-order valence-electron chi connectivity index (χ0n) is 9.47. The summed E-state index contributed by atoms with van der Waals surface area (Å²) in [6.07, 6.45) is -3.15. The predicted molar refractivity (Wildman–Crippen MR) is 74.5 cm³/mol. The van der Waals surface area contributed by atoms with Crippen molar-refractivity contribution in [2.24, 2.45) is 0 Å². The summed E-state index contributed by atoms with van der Waals surface area (Å²) in [4.78, 5) is 7.75. The molecule has 1 heterocycles. The van der Waals surface area contributed by atoms with Crippen molar-refractivity contribution < 1.29 is 13.2 Å². The maximum atomic E-state index is 12.7. The van der Waals surface area contributed by atoms with Crippen LogP contribution in [0.25, 0.3) is 0 Å². The number of hydrogen-bond donors (Lipinski definition) is 1. The molecule has 0 bridgehead atoms. The van der Waals surface area contributed by atoms with Crippen LogP contribution in [0.5, 0.6) is 0 Å². The fourth-order valence-corrected chi connectivity index (χ4v) is 1.90. The molecule has 0 amide bonds. The molecule has 0 fully saturated rings. The summed E-state index contributed by atoms with van der Waals surface area (Å²) in [6, 6.07) is 3.41. The lowest BCUT2D eigenvalue weighted by atomic mass is 10.2. The van der Waals surface area contributed by atoms with Crippen LogP contribution in [0, 0.1) is 0 Å². The highest BCUT2D eigenvalue weighted by Gasteiger charge is 2.33. The molecule has 3 nitrogen and oxygen atoms in total. The van der Waals surface area contributed by atoms with Crippen LogP contribution in [-0.4, -0.2) is 9.97 Å². The second-order valence-corrected chi connectivity index (χ2v) is 5.27. The molecule has 1 aromatic carbocycles. The minimum atomic E-state index is -4.53. The van der Waals surface area contributed by atoms with Gasteiger partial charge in [0, 0.05) is 11.9 Å². The van der Waals surface area contributed by atoms with Gasteiger partial charge in [-0.25, -0.2) is 4.98 Å². The van der Waals surface area contributed by atoms with Crippen molar-refractivity contribution in [1.82, 2.24) is 9.97 Å². The third kappa shape index (κ3) is 3.53. The van der Waals surface area contributed by atoms with Gasteiger partial charge in [-0.1, -0.05) is 23.2 Å². The Kier molecular flexibility index (Phi) is 4.41. The average molecular weight is 387 g/mol. The first-order chi connectivity index (χ1) is 9.27. The number of aromatic nitrogens is 2. The predicted octanol–water partition coefficient (Wildman–Crippen LogP) is 5.31. The molecule has 20 heavy (non-hydrogen) atoms. The van der Waals surface area contributed by atoms with Crippen molar-refractivity contribution in [2.75, 3.05) is 5.32 Å². The van der Waals surface area contributed by atoms with Gasteiger partial charge >= 0.3 is 6.18 Å². The van der Waals surface area contributed by atoms with Crippen molar-refractivity contribution in [1.29, 1.82) is 0 Å². The number of alkyl halides is 3. The second kappa shape index (κ2) is 5.75. The molecule has 2 aromatic rings. The number of nitrogens with zero attached hydrogens (tertiary/aromatic N) is 2. The zero-order valence-corrected chi connectivity index (χ0v) is 12.6. The van der Waals surface area contributed by atoms with Gasteiger partial charge in [-0.15, -0.1) is 0 Å². The number of halogens is 6. The van der Waals surface area contributed by atoms with Crippen LogP contribution in [0.3, 0.4) is 0 Å². The fraction of sp³-hybridized carbons (Fsp3) is 0.0909. The van der Waals surface area contributed by atoms with Crippen LogP contribution >= 0.6 is 39.1 Å². The molecule has 0 aliphatic heterocycles. The van der Waals surface area contributed by atoms with E-state index in [1.165, 1.54) is 12.3 Å². The van der Waals surface area contributed by atoms with Crippen molar-refractivity contribution in [3.8, 4) is 0 Å². The molecule has 0 atom stereocenters. The first-order valence-electron chi connectivity index (χ1n) is 5.09. The summed E-state index contributed by atoms with van der Waals surface area (Å²) in [5.74, 6) is 0.0775. The lowest BCUT2D eigenvalue weighted by Gasteiger charge is -2.11. The summed E-state index contributed by atoms with van der Waals surface area (Å²) < 4.78 is 38.6. The first kappa shape index (κ1) is 15.3. The van der Waals surface area contributed by atoms with Crippen molar-refractivity contribution in [3.05, 3.63) is 44.6 Å². The number of rotatable bonds is 2. The molecule has 1 N–H and O–H groups in total. The molecular weight excluding hydrogens is 382 g/mol. The Morgan fingerprint density at radius 3 is 2.50 bits per heavy atom. The smallest absolute Gasteiger partial charge is 0.324 e. The van der Waals surface area contributed by atoms with E-state index in [1.807, 2.05) is 0 Å². The quantitative estimate of drug-likeness (QED) is 0.711. The Bertz CT molecular complexity index is 649. The highest BCUT2D eigenvalue weighted by atomic mass is 79.9. The first-order valence-corrected chi connectivity index (χ1v) is 6.64. The zero-order chi connectivity index (χ0) is 14.9. The van der Waals surface area contributed by atoms with Crippen molar-refractivity contribution in [3.63, 3.8) is 0 Å². The van der Waals surface area contributed by atoms with E-state index < -0.39 is 11.7 Å². The third-order valence-corrected chi connectivity index (χ3v) is 3.66. The van der Waals surface area contributed by atoms with Crippen LogP contribution in [-0.2, 0) is 6.18 Å². The molecule has 0 aliphatic rings. The third-order valence-electron chi connectivity index (χ3n) is 2.23. The molecule has 0 spiro atoms. The molecule has 0 saturated carbocycles. The Morgan fingerprint density at radius 2 is 1.90 bits per heavy atom. The van der Waals surface area contributed by atoms with E-state index in [-0.39, 0.29) is 21.8 Å². The summed E-state index contributed by atoms with van der Waals surface area (Å²) >= 11 is 14.4. The molecule has 0 aliphatic carbocycles. The van der Waals surface area contributed by atoms with Gasteiger partial charge in [-0.2, -0.15) is 18.2 Å². The van der Waals surface area contributed by atoms with Gasteiger partial charge in [0.1, 0.15) is 5.15 Å². The Morgan fingerprint density at radius 1 is 1.20 bits per heavy atom. The van der Waals surface area contributed by atoms with Gasteiger partial charge in [0.05, 0.1) is 15.1 Å². The lowest BCUT2D eigenvalue weighted by molar-refractivity contribution is -0.137. The molecule has 1 aromatic heterocycles. The summed E-state index contributed by atoms with van der Waals surface area (Å²) in [7, 11) is 0. The summed E-state index contributed by atoms with van der Waals surface area (Å²) in [5, 5.41) is 2.39. The van der Waals surface area contributed by atoms with E-state index in [9.17, 15) is 13.2 Å². The topological polar surface area (TPSA) is 37.8 Å². The molecule has 106 valence electrons. The maximum absolute atomic E-state index is 12.7. The van der Waals surface area contributed by atoms with Gasteiger partial charge in [-0.05, 0) is 34.1 Å². The number of hydrogen-bond acceptors (Lipinski definition) is 3. The van der Waals surface area contributed by atoms with Gasteiger partial charge in [0.25, 0.3) is 0 Å².